The first-order valence-corrected chi connectivity index (χ1v) is 11.6. The van der Waals surface area contributed by atoms with E-state index in [4.69, 9.17) is 0 Å². The van der Waals surface area contributed by atoms with Crippen molar-refractivity contribution in [3.8, 4) is 11.3 Å². The number of carbonyl (C=O) groups excluding carboxylic acids is 1. The van der Waals surface area contributed by atoms with Crippen LogP contribution in [-0.2, 0) is 26.4 Å². The SMILES string of the molecule is Cn1c(-c2ccccc2)c(C(=O)Cn2cnc3sc4c(c3c2=O)CCC4)c2ccccc21. The van der Waals surface area contributed by atoms with E-state index in [9.17, 15) is 9.59 Å². The number of ketones is 1. The molecule has 32 heavy (non-hydrogen) atoms. The molecule has 2 aromatic carbocycles. The first-order chi connectivity index (χ1) is 15.6. The number of aryl methyl sites for hydroxylation is 3. The van der Waals surface area contributed by atoms with E-state index in [2.05, 4.69) is 9.55 Å². The minimum atomic E-state index is -0.107. The fourth-order valence-electron chi connectivity index (χ4n) is 4.98. The van der Waals surface area contributed by atoms with Crippen LogP contribution in [0.2, 0.25) is 0 Å². The number of nitrogens with zero attached hydrogens (tertiary/aromatic N) is 3. The third kappa shape index (κ3) is 2.79. The van der Waals surface area contributed by atoms with Crippen LogP contribution < -0.4 is 5.56 Å². The molecule has 0 saturated heterocycles. The molecule has 1 aliphatic carbocycles. The Labute approximate surface area is 188 Å². The van der Waals surface area contributed by atoms with E-state index < -0.39 is 0 Å². The highest BCUT2D eigenvalue weighted by Gasteiger charge is 2.25. The standard InChI is InChI=1S/C26H21N3O2S/c1-28-19-12-6-5-10-17(19)22(24(28)16-8-3-2-4-9-16)20(30)14-29-15-27-25-23(26(29)31)18-11-7-13-21(18)32-25/h2-6,8-10,12,15H,7,11,13-14H2,1H3. The Morgan fingerprint density at radius 1 is 1.06 bits per heavy atom. The van der Waals surface area contributed by atoms with E-state index in [1.165, 1.54) is 15.8 Å². The number of hydrogen-bond donors (Lipinski definition) is 0. The van der Waals surface area contributed by atoms with Crippen LogP contribution in [0.3, 0.4) is 0 Å². The number of aromatic nitrogens is 3. The van der Waals surface area contributed by atoms with Crippen molar-refractivity contribution in [1.29, 1.82) is 0 Å². The molecular formula is C26H21N3O2S. The lowest BCUT2D eigenvalue weighted by Crippen LogP contribution is -2.25. The molecule has 3 aromatic heterocycles. The summed E-state index contributed by atoms with van der Waals surface area (Å²) in [6.45, 7) is -0.0275. The van der Waals surface area contributed by atoms with Gasteiger partial charge in [0, 0.05) is 22.8 Å². The van der Waals surface area contributed by atoms with Gasteiger partial charge >= 0.3 is 0 Å². The van der Waals surface area contributed by atoms with Gasteiger partial charge in [0.1, 0.15) is 4.83 Å². The molecule has 0 amide bonds. The van der Waals surface area contributed by atoms with E-state index in [1.54, 1.807) is 11.3 Å². The summed E-state index contributed by atoms with van der Waals surface area (Å²) in [5.41, 5.74) is 4.52. The number of rotatable bonds is 4. The predicted molar refractivity (Wildman–Crippen MR) is 129 cm³/mol. The van der Waals surface area contributed by atoms with Gasteiger partial charge in [0.05, 0.1) is 29.5 Å². The molecule has 5 nitrogen and oxygen atoms in total. The van der Waals surface area contributed by atoms with Gasteiger partial charge in [0.2, 0.25) is 0 Å². The first-order valence-electron chi connectivity index (χ1n) is 10.8. The average Bonchev–Trinajstić information content (AvgIpc) is 3.48. The maximum atomic E-state index is 13.7. The van der Waals surface area contributed by atoms with E-state index >= 15 is 0 Å². The zero-order valence-electron chi connectivity index (χ0n) is 17.7. The molecule has 0 atom stereocenters. The molecule has 6 rings (SSSR count). The number of Topliss-reactive ketones (excluding diaryl/α,β-unsaturated/α-hetero) is 1. The quantitative estimate of drug-likeness (QED) is 0.371. The molecule has 5 aromatic rings. The van der Waals surface area contributed by atoms with Crippen molar-refractivity contribution in [3.05, 3.63) is 87.3 Å². The number of carbonyl (C=O) groups is 1. The fraction of sp³-hybridized carbons (Fsp3) is 0.192. The van der Waals surface area contributed by atoms with Gasteiger partial charge in [0.25, 0.3) is 5.56 Å². The summed E-state index contributed by atoms with van der Waals surface area (Å²) in [5.74, 6) is -0.0872. The van der Waals surface area contributed by atoms with Crippen LogP contribution >= 0.6 is 11.3 Å². The highest BCUT2D eigenvalue weighted by molar-refractivity contribution is 7.18. The van der Waals surface area contributed by atoms with Crippen molar-refractivity contribution in [2.75, 3.05) is 0 Å². The Bertz CT molecular complexity index is 1570. The third-order valence-electron chi connectivity index (χ3n) is 6.44. The second-order valence-electron chi connectivity index (χ2n) is 8.30. The van der Waals surface area contributed by atoms with Gasteiger partial charge < -0.3 is 4.57 Å². The molecule has 0 saturated carbocycles. The van der Waals surface area contributed by atoms with Crippen molar-refractivity contribution in [2.45, 2.75) is 25.8 Å². The summed E-state index contributed by atoms with van der Waals surface area (Å²) in [5, 5.41) is 1.61. The number of para-hydroxylation sites is 1. The van der Waals surface area contributed by atoms with Gasteiger partial charge in [-0.15, -0.1) is 11.3 Å². The van der Waals surface area contributed by atoms with Gasteiger partial charge in [-0.25, -0.2) is 4.98 Å². The molecule has 0 spiro atoms. The molecule has 6 heteroatoms. The van der Waals surface area contributed by atoms with Gasteiger partial charge in [-0.2, -0.15) is 0 Å². The lowest BCUT2D eigenvalue weighted by Gasteiger charge is -2.09. The Morgan fingerprint density at radius 2 is 1.84 bits per heavy atom. The highest BCUT2D eigenvalue weighted by Crippen LogP contribution is 2.35. The minimum Gasteiger partial charge on any atom is -0.343 e. The van der Waals surface area contributed by atoms with Crippen LogP contribution in [0.4, 0.5) is 0 Å². The van der Waals surface area contributed by atoms with Crippen LogP contribution in [0.25, 0.3) is 32.4 Å². The number of thiophene rings is 1. The summed E-state index contributed by atoms with van der Waals surface area (Å²) in [4.78, 5) is 33.6. The van der Waals surface area contributed by atoms with Gasteiger partial charge in [-0.05, 0) is 36.5 Å². The summed E-state index contributed by atoms with van der Waals surface area (Å²) in [6.07, 6.45) is 4.55. The van der Waals surface area contributed by atoms with Crippen molar-refractivity contribution < 1.29 is 4.79 Å². The Kier molecular flexibility index (Phi) is 4.36. The molecule has 0 unspecified atom stereocenters. The normalized spacial score (nSPS) is 13.2. The smallest absolute Gasteiger partial charge is 0.262 e. The molecule has 3 heterocycles. The molecular weight excluding hydrogens is 418 g/mol. The summed E-state index contributed by atoms with van der Waals surface area (Å²) >= 11 is 1.62. The molecule has 158 valence electrons. The lowest BCUT2D eigenvalue weighted by atomic mass is 10.0. The van der Waals surface area contributed by atoms with Crippen LogP contribution in [0.15, 0.2) is 65.7 Å². The van der Waals surface area contributed by atoms with Gasteiger partial charge in [-0.1, -0.05) is 48.5 Å². The topological polar surface area (TPSA) is 56.9 Å². The molecule has 1 aliphatic rings. The highest BCUT2D eigenvalue weighted by atomic mass is 32.1. The van der Waals surface area contributed by atoms with E-state index in [0.29, 0.717) is 10.9 Å². The van der Waals surface area contributed by atoms with Gasteiger partial charge in [-0.3, -0.25) is 14.2 Å². The maximum absolute atomic E-state index is 13.7. The van der Waals surface area contributed by atoms with Crippen LogP contribution in [0.1, 0.15) is 27.2 Å². The van der Waals surface area contributed by atoms with E-state index in [-0.39, 0.29) is 17.9 Å². The third-order valence-corrected chi connectivity index (χ3v) is 7.64. The molecule has 0 radical (unpaired) electrons. The molecule has 0 N–H and O–H groups in total. The number of fused-ring (bicyclic) bond motifs is 4. The second kappa shape index (κ2) is 7.28. The van der Waals surface area contributed by atoms with E-state index in [1.807, 2.05) is 61.6 Å². The maximum Gasteiger partial charge on any atom is 0.262 e. The molecule has 0 fully saturated rings. The Hall–Kier alpha value is -3.51. The van der Waals surface area contributed by atoms with Crippen LogP contribution in [0.5, 0.6) is 0 Å². The summed E-state index contributed by atoms with van der Waals surface area (Å²) < 4.78 is 3.54. The number of hydrogen-bond acceptors (Lipinski definition) is 4. The summed E-state index contributed by atoms with van der Waals surface area (Å²) in [7, 11) is 1.98. The van der Waals surface area contributed by atoms with Crippen LogP contribution in [0, 0.1) is 0 Å². The number of benzene rings is 2. The predicted octanol–water partition coefficient (Wildman–Crippen LogP) is 4.99. The largest absolute Gasteiger partial charge is 0.343 e. The zero-order valence-corrected chi connectivity index (χ0v) is 18.5. The van der Waals surface area contributed by atoms with Crippen LogP contribution in [-0.4, -0.2) is 19.9 Å². The molecule has 0 bridgehead atoms. The van der Waals surface area contributed by atoms with E-state index in [0.717, 1.165) is 51.8 Å². The van der Waals surface area contributed by atoms with Gasteiger partial charge in [0.15, 0.2) is 5.78 Å². The fourth-order valence-corrected chi connectivity index (χ4v) is 6.19. The Balaban J connectivity index is 1.50. The van der Waals surface area contributed by atoms with Crippen molar-refractivity contribution in [3.63, 3.8) is 0 Å². The minimum absolute atomic E-state index is 0.0275. The van der Waals surface area contributed by atoms with Crippen molar-refractivity contribution in [2.24, 2.45) is 7.05 Å². The second-order valence-corrected chi connectivity index (χ2v) is 9.39. The van der Waals surface area contributed by atoms with Crippen molar-refractivity contribution >= 4 is 38.2 Å². The monoisotopic (exact) mass is 439 g/mol. The summed E-state index contributed by atoms with van der Waals surface area (Å²) in [6, 6.07) is 17.9. The lowest BCUT2D eigenvalue weighted by molar-refractivity contribution is 0.0972. The average molecular weight is 440 g/mol. The van der Waals surface area contributed by atoms with Crippen molar-refractivity contribution in [1.82, 2.24) is 14.1 Å². The Morgan fingerprint density at radius 3 is 2.69 bits per heavy atom. The zero-order chi connectivity index (χ0) is 21.8. The first kappa shape index (κ1) is 19.2. The molecule has 0 aliphatic heterocycles.